The lowest BCUT2D eigenvalue weighted by Gasteiger charge is -2.10. The number of thiol groups is 1. The first-order valence-corrected chi connectivity index (χ1v) is 5.45. The Bertz CT molecular complexity index is 529. The van der Waals surface area contributed by atoms with Gasteiger partial charge in [-0.1, -0.05) is 0 Å². The van der Waals surface area contributed by atoms with Crippen LogP contribution in [0.5, 0.6) is 0 Å². The predicted octanol–water partition coefficient (Wildman–Crippen LogP) is 1.12. The van der Waals surface area contributed by atoms with Crippen molar-refractivity contribution in [2.75, 3.05) is 12.3 Å². The van der Waals surface area contributed by atoms with Crippen LogP contribution in [-0.4, -0.2) is 33.9 Å². The molecule has 6 nitrogen and oxygen atoms in total. The van der Waals surface area contributed by atoms with Gasteiger partial charge in [0.05, 0.1) is 16.1 Å². The molecule has 0 aliphatic carbocycles. The molecule has 0 bridgehead atoms. The standard InChI is InChI=1S/C10H8N2O4S/c13-9-7-2-1-6(12(15)16)5-8(7)10(14)11(9)3-4-17/h1-2,5,17H,3-4H2. The largest absolute Gasteiger partial charge is 0.274 e. The number of benzene rings is 1. The Morgan fingerprint density at radius 1 is 1.24 bits per heavy atom. The predicted molar refractivity (Wildman–Crippen MR) is 62.3 cm³/mol. The maximum atomic E-state index is 11.8. The number of amides is 2. The average Bonchev–Trinajstić information content (AvgIpc) is 2.54. The van der Waals surface area contributed by atoms with Crippen molar-refractivity contribution in [1.29, 1.82) is 0 Å². The molecule has 1 aliphatic heterocycles. The molecule has 0 atom stereocenters. The quantitative estimate of drug-likeness (QED) is 0.378. The van der Waals surface area contributed by atoms with Crippen molar-refractivity contribution < 1.29 is 14.5 Å². The molecule has 1 heterocycles. The van der Waals surface area contributed by atoms with Gasteiger partial charge in [-0.3, -0.25) is 24.6 Å². The SMILES string of the molecule is O=C1c2ccc([N+](=O)[O-])cc2C(=O)N1CCS. The number of hydrogen-bond acceptors (Lipinski definition) is 5. The van der Waals surface area contributed by atoms with Gasteiger partial charge in [0.1, 0.15) is 0 Å². The summed E-state index contributed by atoms with van der Waals surface area (Å²) >= 11 is 3.95. The van der Waals surface area contributed by atoms with Crippen molar-refractivity contribution in [2.45, 2.75) is 0 Å². The number of imide groups is 1. The van der Waals surface area contributed by atoms with Gasteiger partial charge in [-0.05, 0) is 6.07 Å². The summed E-state index contributed by atoms with van der Waals surface area (Å²) in [6.45, 7) is 0.198. The number of carbonyl (C=O) groups excluding carboxylic acids is 2. The Labute approximate surface area is 102 Å². The zero-order chi connectivity index (χ0) is 12.6. The van der Waals surface area contributed by atoms with Crippen LogP contribution in [0.1, 0.15) is 20.7 Å². The molecule has 2 rings (SSSR count). The Balaban J connectivity index is 2.47. The minimum atomic E-state index is -0.598. The molecule has 88 valence electrons. The minimum absolute atomic E-state index is 0.0889. The maximum Gasteiger partial charge on any atom is 0.270 e. The highest BCUT2D eigenvalue weighted by molar-refractivity contribution is 7.80. The monoisotopic (exact) mass is 252 g/mol. The highest BCUT2D eigenvalue weighted by Gasteiger charge is 2.36. The lowest BCUT2D eigenvalue weighted by molar-refractivity contribution is -0.384. The molecule has 0 spiro atoms. The van der Waals surface area contributed by atoms with Crippen LogP contribution in [0.25, 0.3) is 0 Å². The van der Waals surface area contributed by atoms with E-state index in [2.05, 4.69) is 12.6 Å². The average molecular weight is 252 g/mol. The summed E-state index contributed by atoms with van der Waals surface area (Å²) < 4.78 is 0. The van der Waals surface area contributed by atoms with Gasteiger partial charge in [-0.25, -0.2) is 0 Å². The molecule has 1 aliphatic rings. The Morgan fingerprint density at radius 3 is 2.47 bits per heavy atom. The molecular formula is C10H8N2O4S. The molecule has 17 heavy (non-hydrogen) atoms. The van der Waals surface area contributed by atoms with Crippen molar-refractivity contribution >= 4 is 30.1 Å². The number of nitro benzene ring substituents is 1. The third-order valence-electron chi connectivity index (χ3n) is 2.49. The molecule has 0 saturated heterocycles. The van der Waals surface area contributed by atoms with E-state index in [0.29, 0.717) is 5.75 Å². The summed E-state index contributed by atoms with van der Waals surface area (Å²) in [6.07, 6.45) is 0. The summed E-state index contributed by atoms with van der Waals surface area (Å²) in [4.78, 5) is 34.6. The maximum absolute atomic E-state index is 11.8. The van der Waals surface area contributed by atoms with E-state index < -0.39 is 16.7 Å². The molecule has 0 unspecified atom stereocenters. The van der Waals surface area contributed by atoms with Crippen LogP contribution in [0, 0.1) is 10.1 Å². The minimum Gasteiger partial charge on any atom is -0.274 e. The topological polar surface area (TPSA) is 80.5 Å². The first-order valence-electron chi connectivity index (χ1n) is 4.81. The third-order valence-corrected chi connectivity index (χ3v) is 2.69. The molecular weight excluding hydrogens is 244 g/mol. The first-order chi connectivity index (χ1) is 8.06. The summed E-state index contributed by atoms with van der Waals surface area (Å²) in [5, 5.41) is 10.6. The van der Waals surface area contributed by atoms with Gasteiger partial charge in [-0.2, -0.15) is 12.6 Å². The van der Waals surface area contributed by atoms with Gasteiger partial charge < -0.3 is 0 Å². The highest BCUT2D eigenvalue weighted by Crippen LogP contribution is 2.26. The first kappa shape index (κ1) is 11.6. The lowest BCUT2D eigenvalue weighted by atomic mass is 10.1. The van der Waals surface area contributed by atoms with E-state index in [9.17, 15) is 19.7 Å². The van der Waals surface area contributed by atoms with Crippen LogP contribution in [0.15, 0.2) is 18.2 Å². The number of hydrogen-bond donors (Lipinski definition) is 1. The molecule has 0 saturated carbocycles. The zero-order valence-electron chi connectivity index (χ0n) is 8.62. The van der Waals surface area contributed by atoms with E-state index in [1.165, 1.54) is 12.1 Å². The van der Waals surface area contributed by atoms with Gasteiger partial charge in [0, 0.05) is 24.4 Å². The van der Waals surface area contributed by atoms with E-state index >= 15 is 0 Å². The number of nitro groups is 1. The van der Waals surface area contributed by atoms with Crippen molar-refractivity contribution in [3.8, 4) is 0 Å². The van der Waals surface area contributed by atoms with Crippen LogP contribution in [0.2, 0.25) is 0 Å². The molecule has 0 N–H and O–H groups in total. The van der Waals surface area contributed by atoms with Gasteiger partial charge >= 0.3 is 0 Å². The molecule has 0 radical (unpaired) electrons. The van der Waals surface area contributed by atoms with Gasteiger partial charge in [0.15, 0.2) is 0 Å². The number of rotatable bonds is 3. The summed E-state index contributed by atoms with van der Waals surface area (Å²) in [5.41, 5.74) is 0.103. The molecule has 0 fully saturated rings. The van der Waals surface area contributed by atoms with Gasteiger partial charge in [0.2, 0.25) is 0 Å². The normalized spacial score (nSPS) is 14.1. The van der Waals surface area contributed by atoms with Crippen LogP contribution < -0.4 is 0 Å². The number of non-ortho nitro benzene ring substituents is 1. The van der Waals surface area contributed by atoms with Gasteiger partial charge in [0.25, 0.3) is 17.5 Å². The molecule has 7 heteroatoms. The Kier molecular flexibility index (Phi) is 2.84. The zero-order valence-corrected chi connectivity index (χ0v) is 9.52. The number of carbonyl (C=O) groups is 2. The fourth-order valence-electron chi connectivity index (χ4n) is 1.70. The van der Waals surface area contributed by atoms with Crippen molar-refractivity contribution in [2.24, 2.45) is 0 Å². The Morgan fingerprint density at radius 2 is 1.88 bits per heavy atom. The fraction of sp³-hybridized carbons (Fsp3) is 0.200. The van der Waals surface area contributed by atoms with Crippen LogP contribution >= 0.6 is 12.6 Å². The third kappa shape index (κ3) is 1.78. The second-order valence-electron chi connectivity index (χ2n) is 3.47. The Hall–Kier alpha value is -1.89. The van der Waals surface area contributed by atoms with E-state index in [0.717, 1.165) is 11.0 Å². The smallest absolute Gasteiger partial charge is 0.270 e. The second-order valence-corrected chi connectivity index (χ2v) is 3.92. The van der Waals surface area contributed by atoms with Crippen molar-refractivity contribution in [3.63, 3.8) is 0 Å². The van der Waals surface area contributed by atoms with E-state index in [1.807, 2.05) is 0 Å². The van der Waals surface area contributed by atoms with Crippen LogP contribution in [-0.2, 0) is 0 Å². The summed E-state index contributed by atoms with van der Waals surface area (Å²) in [7, 11) is 0. The number of fused-ring (bicyclic) bond motifs is 1. The van der Waals surface area contributed by atoms with Crippen molar-refractivity contribution in [1.82, 2.24) is 4.90 Å². The lowest BCUT2D eigenvalue weighted by Crippen LogP contribution is -2.31. The molecule has 2 amide bonds. The fourth-order valence-corrected chi connectivity index (χ4v) is 1.90. The van der Waals surface area contributed by atoms with E-state index in [1.54, 1.807) is 0 Å². The molecule has 0 aromatic heterocycles. The molecule has 1 aromatic carbocycles. The number of nitrogens with zero attached hydrogens (tertiary/aromatic N) is 2. The van der Waals surface area contributed by atoms with Crippen LogP contribution in [0.3, 0.4) is 0 Å². The van der Waals surface area contributed by atoms with E-state index in [4.69, 9.17) is 0 Å². The van der Waals surface area contributed by atoms with Crippen LogP contribution in [0.4, 0.5) is 5.69 Å². The summed E-state index contributed by atoms with van der Waals surface area (Å²) in [5.74, 6) is -0.565. The second kappa shape index (κ2) is 4.17. The van der Waals surface area contributed by atoms with E-state index in [-0.39, 0.29) is 23.4 Å². The van der Waals surface area contributed by atoms with Gasteiger partial charge in [-0.15, -0.1) is 0 Å². The highest BCUT2D eigenvalue weighted by atomic mass is 32.1. The van der Waals surface area contributed by atoms with Crippen molar-refractivity contribution in [3.05, 3.63) is 39.4 Å². The summed E-state index contributed by atoms with van der Waals surface area (Å²) in [6, 6.07) is 3.66. The molecule has 1 aromatic rings.